The Balaban J connectivity index is 2.34. The fourth-order valence-corrected chi connectivity index (χ4v) is 3.07. The van der Waals surface area contributed by atoms with Crippen LogP contribution >= 0.6 is 0 Å². The first kappa shape index (κ1) is 14.5. The van der Waals surface area contributed by atoms with Gasteiger partial charge in [0.1, 0.15) is 0 Å². The van der Waals surface area contributed by atoms with Crippen molar-refractivity contribution in [1.82, 2.24) is 9.78 Å². The largest absolute Gasteiger partial charge is 0.326 e. The molecule has 0 amide bonds. The molecule has 1 heterocycles. The van der Waals surface area contributed by atoms with Gasteiger partial charge in [0.15, 0.2) is 0 Å². The lowest BCUT2D eigenvalue weighted by atomic mass is 10.1. The Morgan fingerprint density at radius 3 is 2.65 bits per heavy atom. The maximum atomic E-state index is 12.3. The molecule has 108 valence electrons. The predicted molar refractivity (Wildman–Crippen MR) is 77.7 cm³/mol. The summed E-state index contributed by atoms with van der Waals surface area (Å²) in [5, 5.41) is 3.93. The number of rotatable bonds is 5. The van der Waals surface area contributed by atoms with Gasteiger partial charge in [-0.05, 0) is 29.7 Å². The zero-order valence-electron chi connectivity index (χ0n) is 11.5. The third kappa shape index (κ3) is 3.00. The summed E-state index contributed by atoms with van der Waals surface area (Å²) in [6.07, 6.45) is 3.88. The van der Waals surface area contributed by atoms with E-state index in [1.807, 2.05) is 6.92 Å². The minimum absolute atomic E-state index is 0.207. The van der Waals surface area contributed by atoms with E-state index in [4.69, 9.17) is 5.73 Å². The van der Waals surface area contributed by atoms with Crippen LogP contribution in [0.15, 0.2) is 35.5 Å². The van der Waals surface area contributed by atoms with E-state index in [9.17, 15) is 8.42 Å². The number of anilines is 1. The molecule has 0 aliphatic carbocycles. The van der Waals surface area contributed by atoms with Gasteiger partial charge in [0, 0.05) is 19.8 Å². The number of nitrogens with zero attached hydrogens (tertiary/aromatic N) is 2. The summed E-state index contributed by atoms with van der Waals surface area (Å²) in [4.78, 5) is 0.207. The number of aromatic nitrogens is 2. The minimum atomic E-state index is -3.62. The van der Waals surface area contributed by atoms with E-state index in [1.54, 1.807) is 31.4 Å². The van der Waals surface area contributed by atoms with E-state index in [-0.39, 0.29) is 4.90 Å². The van der Waals surface area contributed by atoms with Crippen LogP contribution in [0.5, 0.6) is 0 Å². The maximum Gasteiger partial charge on any atom is 0.262 e. The van der Waals surface area contributed by atoms with Gasteiger partial charge in [0.25, 0.3) is 10.0 Å². The Morgan fingerprint density at radius 2 is 2.10 bits per heavy atom. The van der Waals surface area contributed by atoms with Crippen molar-refractivity contribution in [2.75, 3.05) is 4.72 Å². The second kappa shape index (κ2) is 5.64. The molecule has 0 atom stereocenters. The average molecular weight is 294 g/mol. The lowest BCUT2D eigenvalue weighted by molar-refractivity contribution is 0.601. The van der Waals surface area contributed by atoms with Crippen LogP contribution in [0.3, 0.4) is 0 Å². The molecular weight excluding hydrogens is 276 g/mol. The molecule has 2 rings (SSSR count). The SMILES string of the molecule is CCc1ccc(S(=O)(=O)Nc2cnn(C)c2)cc1CN. The van der Waals surface area contributed by atoms with Crippen molar-refractivity contribution in [2.45, 2.75) is 24.8 Å². The highest BCUT2D eigenvalue weighted by Crippen LogP contribution is 2.19. The molecule has 7 heteroatoms. The minimum Gasteiger partial charge on any atom is -0.326 e. The van der Waals surface area contributed by atoms with Crippen LogP contribution in [0.25, 0.3) is 0 Å². The number of nitrogens with two attached hydrogens (primary N) is 1. The highest BCUT2D eigenvalue weighted by molar-refractivity contribution is 7.92. The molecule has 20 heavy (non-hydrogen) atoms. The zero-order valence-corrected chi connectivity index (χ0v) is 12.3. The number of aryl methyl sites for hydroxylation is 2. The van der Waals surface area contributed by atoms with Crippen LogP contribution < -0.4 is 10.5 Å². The molecule has 3 N–H and O–H groups in total. The van der Waals surface area contributed by atoms with Crippen LogP contribution in [-0.4, -0.2) is 18.2 Å². The first-order valence-electron chi connectivity index (χ1n) is 6.29. The quantitative estimate of drug-likeness (QED) is 0.868. The molecule has 0 spiro atoms. The molecule has 0 fully saturated rings. The van der Waals surface area contributed by atoms with Gasteiger partial charge < -0.3 is 5.73 Å². The van der Waals surface area contributed by atoms with Gasteiger partial charge in [-0.3, -0.25) is 9.40 Å². The van der Waals surface area contributed by atoms with Gasteiger partial charge in [0.2, 0.25) is 0 Å². The van der Waals surface area contributed by atoms with E-state index < -0.39 is 10.0 Å². The summed E-state index contributed by atoms with van der Waals surface area (Å²) in [7, 11) is -1.89. The third-order valence-corrected chi connectivity index (χ3v) is 4.42. The van der Waals surface area contributed by atoms with Crippen molar-refractivity contribution in [3.8, 4) is 0 Å². The molecule has 2 aromatic rings. The Morgan fingerprint density at radius 1 is 1.35 bits per heavy atom. The highest BCUT2D eigenvalue weighted by Gasteiger charge is 2.16. The summed E-state index contributed by atoms with van der Waals surface area (Å²) >= 11 is 0. The molecule has 0 bridgehead atoms. The first-order chi connectivity index (χ1) is 9.46. The average Bonchev–Trinajstić information content (AvgIpc) is 2.82. The standard InChI is InChI=1S/C13H18N4O2S/c1-3-10-4-5-13(6-11(10)7-14)20(18,19)16-12-8-15-17(2)9-12/h4-6,8-9,16H,3,7,14H2,1-2H3. The first-order valence-corrected chi connectivity index (χ1v) is 7.78. The molecule has 1 aromatic heterocycles. The second-order valence-electron chi connectivity index (χ2n) is 4.50. The third-order valence-electron chi connectivity index (χ3n) is 3.05. The zero-order chi connectivity index (χ0) is 14.8. The monoisotopic (exact) mass is 294 g/mol. The fraction of sp³-hybridized carbons (Fsp3) is 0.308. The van der Waals surface area contributed by atoms with Gasteiger partial charge >= 0.3 is 0 Å². The Labute approximate surface area is 118 Å². The highest BCUT2D eigenvalue weighted by atomic mass is 32.2. The van der Waals surface area contributed by atoms with Crippen LogP contribution in [0, 0.1) is 0 Å². The second-order valence-corrected chi connectivity index (χ2v) is 6.18. The molecule has 6 nitrogen and oxygen atoms in total. The molecule has 0 saturated carbocycles. The number of hydrogen-bond acceptors (Lipinski definition) is 4. The smallest absolute Gasteiger partial charge is 0.262 e. The number of sulfonamides is 1. The van der Waals surface area contributed by atoms with Crippen molar-refractivity contribution < 1.29 is 8.42 Å². The number of hydrogen-bond donors (Lipinski definition) is 2. The van der Waals surface area contributed by atoms with E-state index in [0.717, 1.165) is 17.5 Å². The summed E-state index contributed by atoms with van der Waals surface area (Å²) < 4.78 is 28.6. The van der Waals surface area contributed by atoms with Crippen molar-refractivity contribution in [1.29, 1.82) is 0 Å². The van der Waals surface area contributed by atoms with E-state index in [2.05, 4.69) is 9.82 Å². The van der Waals surface area contributed by atoms with E-state index in [1.165, 1.54) is 10.9 Å². The molecule has 0 aliphatic heterocycles. The molecule has 1 aromatic carbocycles. The van der Waals surface area contributed by atoms with Gasteiger partial charge in [-0.2, -0.15) is 5.10 Å². The number of nitrogens with one attached hydrogen (secondary N) is 1. The Hall–Kier alpha value is -1.86. The van der Waals surface area contributed by atoms with Gasteiger partial charge in [-0.15, -0.1) is 0 Å². The Bertz CT molecular complexity index is 707. The maximum absolute atomic E-state index is 12.3. The molecule has 0 aliphatic rings. The normalized spacial score (nSPS) is 11.6. The summed E-state index contributed by atoms with van der Waals surface area (Å²) in [6, 6.07) is 5.02. The van der Waals surface area contributed by atoms with E-state index >= 15 is 0 Å². The van der Waals surface area contributed by atoms with Gasteiger partial charge in [0.05, 0.1) is 16.8 Å². The summed E-state index contributed by atoms with van der Waals surface area (Å²) in [5.41, 5.74) is 8.01. The summed E-state index contributed by atoms with van der Waals surface area (Å²) in [6.45, 7) is 2.33. The van der Waals surface area contributed by atoms with Crippen molar-refractivity contribution in [2.24, 2.45) is 12.8 Å². The molecular formula is C13H18N4O2S. The molecule has 0 saturated heterocycles. The number of benzene rings is 1. The van der Waals surface area contributed by atoms with Crippen molar-refractivity contribution >= 4 is 15.7 Å². The lowest BCUT2D eigenvalue weighted by Gasteiger charge is -2.10. The lowest BCUT2D eigenvalue weighted by Crippen LogP contribution is -2.14. The summed E-state index contributed by atoms with van der Waals surface area (Å²) in [5.74, 6) is 0. The Kier molecular flexibility index (Phi) is 4.10. The van der Waals surface area contributed by atoms with Gasteiger partial charge in [-0.1, -0.05) is 13.0 Å². The predicted octanol–water partition coefficient (Wildman–Crippen LogP) is 1.24. The van der Waals surface area contributed by atoms with E-state index in [0.29, 0.717) is 12.2 Å². The molecule has 0 radical (unpaired) electrons. The van der Waals surface area contributed by atoms with Crippen LogP contribution in [0.2, 0.25) is 0 Å². The van der Waals surface area contributed by atoms with Crippen LogP contribution in [0.4, 0.5) is 5.69 Å². The topological polar surface area (TPSA) is 90.0 Å². The van der Waals surface area contributed by atoms with Gasteiger partial charge in [-0.25, -0.2) is 8.42 Å². The van der Waals surface area contributed by atoms with Crippen molar-refractivity contribution in [3.63, 3.8) is 0 Å². The van der Waals surface area contributed by atoms with Crippen molar-refractivity contribution in [3.05, 3.63) is 41.7 Å². The fourth-order valence-electron chi connectivity index (χ4n) is 1.99. The van der Waals surface area contributed by atoms with Crippen LogP contribution in [-0.2, 0) is 30.0 Å². The molecule has 0 unspecified atom stereocenters. The van der Waals surface area contributed by atoms with Crippen LogP contribution in [0.1, 0.15) is 18.1 Å².